The number of aliphatic hydroxyl groups excluding tert-OH is 1. The number of amides is 3. The molecule has 0 bridgehead atoms. The monoisotopic (exact) mass is 547 g/mol. The summed E-state index contributed by atoms with van der Waals surface area (Å²) < 4.78 is 5.31. The van der Waals surface area contributed by atoms with Gasteiger partial charge in [-0.2, -0.15) is 0 Å². The number of allylic oxidation sites excluding steroid dienone is 2. The second-order valence-electron chi connectivity index (χ2n) is 10.2. The molecule has 2 unspecified atom stereocenters. The Labute approximate surface area is 233 Å². The van der Waals surface area contributed by atoms with Gasteiger partial charge in [-0.1, -0.05) is 52.0 Å². The molecule has 1 aromatic rings. The zero-order valence-electron chi connectivity index (χ0n) is 25.1. The molecule has 39 heavy (non-hydrogen) atoms. The molecule has 3 amide bonds. The van der Waals surface area contributed by atoms with Crippen LogP contribution in [0.1, 0.15) is 79.4 Å². The highest BCUT2D eigenvalue weighted by atomic mass is 16.6. The number of likely N-dealkylation sites (tertiary alicyclic amines) is 1. The normalized spacial score (nSPS) is 16.0. The zero-order chi connectivity index (χ0) is 30.3. The molecule has 1 aliphatic rings. The van der Waals surface area contributed by atoms with Crippen molar-refractivity contribution in [2.75, 3.05) is 13.7 Å². The number of hydrogen-bond acceptors (Lipinski definition) is 7. The topological polar surface area (TPSA) is 158 Å². The van der Waals surface area contributed by atoms with Gasteiger partial charge in [-0.05, 0) is 57.6 Å². The number of nitrogens with zero attached hydrogens (tertiary/aromatic N) is 1. The van der Waals surface area contributed by atoms with Crippen LogP contribution in [-0.4, -0.2) is 65.5 Å². The summed E-state index contributed by atoms with van der Waals surface area (Å²) in [7, 11) is 1.00. The molecule has 0 saturated carbocycles. The second-order valence-corrected chi connectivity index (χ2v) is 10.2. The third kappa shape index (κ3) is 11.5. The van der Waals surface area contributed by atoms with Crippen LogP contribution in [0.3, 0.4) is 0 Å². The minimum atomic E-state index is -0.784. The van der Waals surface area contributed by atoms with Crippen LogP contribution >= 0.6 is 0 Å². The lowest BCUT2D eigenvalue weighted by Gasteiger charge is -2.31. The van der Waals surface area contributed by atoms with Gasteiger partial charge in [0.05, 0.1) is 0 Å². The predicted octanol–water partition coefficient (Wildman–Crippen LogP) is 3.82. The van der Waals surface area contributed by atoms with E-state index in [1.54, 1.807) is 32.6 Å². The number of rotatable bonds is 8. The van der Waals surface area contributed by atoms with Crippen LogP contribution in [0.2, 0.25) is 0 Å². The van der Waals surface area contributed by atoms with Crippen molar-refractivity contribution in [3.05, 3.63) is 41.1 Å². The summed E-state index contributed by atoms with van der Waals surface area (Å²) in [5.41, 5.74) is 8.09. The van der Waals surface area contributed by atoms with Gasteiger partial charge in [-0.25, -0.2) is 4.79 Å². The molecule has 10 heteroatoms. The Bertz CT molecular complexity index is 963. The molecule has 2 atom stereocenters. The summed E-state index contributed by atoms with van der Waals surface area (Å²) >= 11 is 0. The molecule has 1 fully saturated rings. The number of nitrogens with two attached hydrogens (primary N) is 1. The molecule has 1 aliphatic heterocycles. The molecular weight excluding hydrogens is 498 g/mol. The fourth-order valence-electron chi connectivity index (χ4n) is 3.96. The number of carbonyl (C=O) groups excluding carboxylic acids is 3. The molecule has 1 saturated heterocycles. The van der Waals surface area contributed by atoms with Gasteiger partial charge in [0, 0.05) is 37.7 Å². The van der Waals surface area contributed by atoms with Crippen molar-refractivity contribution >= 4 is 29.7 Å². The van der Waals surface area contributed by atoms with E-state index >= 15 is 0 Å². The van der Waals surface area contributed by atoms with Crippen molar-refractivity contribution in [2.24, 2.45) is 11.7 Å². The van der Waals surface area contributed by atoms with Crippen LogP contribution in [0, 0.1) is 11.3 Å². The van der Waals surface area contributed by atoms with Gasteiger partial charge in [-0.15, -0.1) is 0 Å². The first-order chi connectivity index (χ1) is 18.3. The number of ether oxygens (including phenoxy) is 1. The average molecular weight is 548 g/mol. The van der Waals surface area contributed by atoms with Crippen molar-refractivity contribution < 1.29 is 24.2 Å². The third-order valence-electron chi connectivity index (χ3n) is 5.74. The third-order valence-corrected chi connectivity index (χ3v) is 5.74. The molecule has 6 N–H and O–H groups in total. The lowest BCUT2D eigenvalue weighted by atomic mass is 10.0. The quantitative estimate of drug-likeness (QED) is 0.311. The maximum Gasteiger partial charge on any atom is 0.408 e. The smallest absolute Gasteiger partial charge is 0.408 e. The molecule has 1 aromatic carbocycles. The molecule has 2 rings (SSSR count). The molecule has 0 aliphatic carbocycles. The maximum absolute atomic E-state index is 13.3. The SMILES string of the molecule is C/C(N)=C(/C=N)c1ccc(CNC(=O)C2CCCN2C(=O)C(NC(=O)OC(C)(C)C)C(C)C)cc1.CC.CO. The second kappa shape index (κ2) is 17.2. The fraction of sp³-hybridized carbons (Fsp3) is 0.586. The fourth-order valence-corrected chi connectivity index (χ4v) is 3.96. The minimum absolute atomic E-state index is 0.171. The standard InChI is InChI=1S/C26H39N5O4.C2H6.CH4O/c1-16(2)22(30-25(34)35-26(4,5)6)24(33)31-13-7-8-21(31)23(32)29-15-18-9-11-19(12-10-18)20(14-27)17(3)28;2*1-2/h9-12,14,16,21-22,27H,7-8,13,15,28H2,1-6H3,(H,29,32)(H,30,34);1-2H3;2H,1H3/b20-17+,27-14?;;. The number of hydrogen-bond donors (Lipinski definition) is 5. The average Bonchev–Trinajstić information content (AvgIpc) is 3.38. The van der Waals surface area contributed by atoms with Crippen molar-refractivity contribution in [3.63, 3.8) is 0 Å². The Balaban J connectivity index is 0.00000344. The summed E-state index contributed by atoms with van der Waals surface area (Å²) in [6, 6.07) is 6.10. The Morgan fingerprint density at radius 1 is 1.18 bits per heavy atom. The van der Waals surface area contributed by atoms with E-state index in [2.05, 4.69) is 10.6 Å². The lowest BCUT2D eigenvalue weighted by molar-refractivity contribution is -0.140. The van der Waals surface area contributed by atoms with Crippen LogP contribution in [-0.2, 0) is 20.9 Å². The first kappa shape index (κ1) is 35.6. The lowest BCUT2D eigenvalue weighted by Crippen LogP contribution is -2.55. The zero-order valence-corrected chi connectivity index (χ0v) is 25.1. The van der Waals surface area contributed by atoms with E-state index in [-0.39, 0.29) is 17.7 Å². The molecule has 0 radical (unpaired) electrons. The van der Waals surface area contributed by atoms with Gasteiger partial charge >= 0.3 is 6.09 Å². The molecule has 0 spiro atoms. The van der Waals surface area contributed by atoms with E-state index < -0.39 is 23.8 Å². The van der Waals surface area contributed by atoms with E-state index in [9.17, 15) is 14.4 Å². The summed E-state index contributed by atoms with van der Waals surface area (Å²) in [6.45, 7) is 15.5. The van der Waals surface area contributed by atoms with Crippen LogP contribution in [0.15, 0.2) is 30.0 Å². The Morgan fingerprint density at radius 2 is 1.74 bits per heavy atom. The van der Waals surface area contributed by atoms with Gasteiger partial charge in [0.15, 0.2) is 0 Å². The molecular formula is C29H49N5O5. The van der Waals surface area contributed by atoms with Gasteiger partial charge in [0.2, 0.25) is 11.8 Å². The van der Waals surface area contributed by atoms with Gasteiger partial charge in [0.1, 0.15) is 17.7 Å². The van der Waals surface area contributed by atoms with Gasteiger partial charge in [0.25, 0.3) is 0 Å². The Morgan fingerprint density at radius 3 is 2.21 bits per heavy atom. The first-order valence-corrected chi connectivity index (χ1v) is 13.4. The summed E-state index contributed by atoms with van der Waals surface area (Å²) in [6.07, 6.45) is 1.85. The van der Waals surface area contributed by atoms with Crippen molar-refractivity contribution in [1.82, 2.24) is 15.5 Å². The number of nitrogens with one attached hydrogen (secondary N) is 3. The number of carbonyl (C=O) groups is 3. The highest BCUT2D eigenvalue weighted by Gasteiger charge is 2.39. The largest absolute Gasteiger partial charge is 0.444 e. The van der Waals surface area contributed by atoms with E-state index in [0.717, 1.165) is 18.2 Å². The van der Waals surface area contributed by atoms with Gasteiger partial charge < -0.3 is 36.5 Å². The van der Waals surface area contributed by atoms with Crippen molar-refractivity contribution in [2.45, 2.75) is 92.5 Å². The van der Waals surface area contributed by atoms with Crippen LogP contribution in [0.4, 0.5) is 4.79 Å². The van der Waals surface area contributed by atoms with Crippen molar-refractivity contribution in [1.29, 1.82) is 5.41 Å². The summed E-state index contributed by atoms with van der Waals surface area (Å²) in [5.74, 6) is -0.677. The molecule has 0 aromatic heterocycles. The van der Waals surface area contributed by atoms with Crippen LogP contribution in [0.25, 0.3) is 5.57 Å². The molecule has 220 valence electrons. The highest BCUT2D eigenvalue weighted by molar-refractivity contribution is 6.09. The summed E-state index contributed by atoms with van der Waals surface area (Å²) in [4.78, 5) is 40.1. The van der Waals surface area contributed by atoms with Crippen molar-refractivity contribution in [3.8, 4) is 0 Å². The van der Waals surface area contributed by atoms with E-state index in [0.29, 0.717) is 37.2 Å². The van der Waals surface area contributed by atoms with E-state index in [1.807, 2.05) is 52.0 Å². The number of benzene rings is 1. The van der Waals surface area contributed by atoms with E-state index in [1.165, 1.54) is 6.21 Å². The number of alkyl carbamates (subject to hydrolysis) is 1. The maximum atomic E-state index is 13.3. The minimum Gasteiger partial charge on any atom is -0.444 e. The Kier molecular flexibility index (Phi) is 15.7. The highest BCUT2D eigenvalue weighted by Crippen LogP contribution is 2.21. The molecule has 10 nitrogen and oxygen atoms in total. The van der Waals surface area contributed by atoms with Crippen LogP contribution in [0.5, 0.6) is 0 Å². The number of aliphatic hydroxyl groups is 1. The summed E-state index contributed by atoms with van der Waals surface area (Å²) in [5, 5.41) is 20.1. The predicted molar refractivity (Wildman–Crippen MR) is 156 cm³/mol. The molecule has 1 heterocycles. The van der Waals surface area contributed by atoms with E-state index in [4.69, 9.17) is 21.0 Å². The van der Waals surface area contributed by atoms with Crippen LogP contribution < -0.4 is 16.4 Å². The Hall–Kier alpha value is -3.40. The van der Waals surface area contributed by atoms with Gasteiger partial charge in [-0.3, -0.25) is 9.59 Å². The first-order valence-electron chi connectivity index (χ1n) is 13.4.